The number of carbonyl (C=O) groups is 1. The first-order valence-electron chi connectivity index (χ1n) is 9.45. The fourth-order valence-corrected chi connectivity index (χ4v) is 4.94. The Bertz CT molecular complexity index is 1170. The molecule has 1 aromatic carbocycles. The SMILES string of the molecule is COC(=O)c1ccc(NCc2nc3sc4c(c3c(=O)n2CC#N)CCCC4)cc1. The zero-order chi connectivity index (χ0) is 20.4. The highest BCUT2D eigenvalue weighted by molar-refractivity contribution is 7.18. The number of benzene rings is 1. The van der Waals surface area contributed by atoms with Crippen molar-refractivity contribution in [3.8, 4) is 6.07 Å². The molecule has 1 N–H and O–H groups in total. The second kappa shape index (κ2) is 8.05. The molecule has 0 atom stereocenters. The molecule has 148 valence electrons. The van der Waals surface area contributed by atoms with E-state index in [0.29, 0.717) is 23.3 Å². The van der Waals surface area contributed by atoms with Gasteiger partial charge in [-0.15, -0.1) is 11.3 Å². The summed E-state index contributed by atoms with van der Waals surface area (Å²) >= 11 is 1.60. The third-order valence-electron chi connectivity index (χ3n) is 5.14. The van der Waals surface area contributed by atoms with Crippen LogP contribution in [0.4, 0.5) is 5.69 Å². The molecule has 3 aromatic rings. The summed E-state index contributed by atoms with van der Waals surface area (Å²) in [6.45, 7) is 0.262. The Kier molecular flexibility index (Phi) is 5.32. The van der Waals surface area contributed by atoms with Gasteiger partial charge in [-0.2, -0.15) is 5.26 Å². The monoisotopic (exact) mass is 408 g/mol. The molecule has 29 heavy (non-hydrogen) atoms. The van der Waals surface area contributed by atoms with Crippen LogP contribution < -0.4 is 10.9 Å². The maximum atomic E-state index is 13.1. The van der Waals surface area contributed by atoms with Crippen molar-refractivity contribution in [3.63, 3.8) is 0 Å². The predicted octanol–water partition coefficient (Wildman–Crippen LogP) is 3.26. The zero-order valence-corrected chi connectivity index (χ0v) is 16.8. The minimum atomic E-state index is -0.395. The lowest BCUT2D eigenvalue weighted by atomic mass is 9.97. The third-order valence-corrected chi connectivity index (χ3v) is 6.33. The van der Waals surface area contributed by atoms with E-state index in [1.165, 1.54) is 16.6 Å². The number of nitrogens with zero attached hydrogens (tertiary/aromatic N) is 3. The normalized spacial score (nSPS) is 13.0. The van der Waals surface area contributed by atoms with Crippen LogP contribution in [0.15, 0.2) is 29.1 Å². The molecule has 1 aliphatic carbocycles. The van der Waals surface area contributed by atoms with E-state index in [2.05, 4.69) is 11.4 Å². The molecule has 0 bridgehead atoms. The molecule has 2 heterocycles. The van der Waals surface area contributed by atoms with Gasteiger partial charge in [0.2, 0.25) is 0 Å². The number of nitrogens with one attached hydrogen (secondary N) is 1. The van der Waals surface area contributed by atoms with Crippen molar-refractivity contribution in [2.45, 2.75) is 38.8 Å². The summed E-state index contributed by atoms with van der Waals surface area (Å²) in [6, 6.07) is 8.94. The lowest BCUT2D eigenvalue weighted by Crippen LogP contribution is -2.26. The molecule has 8 heteroatoms. The number of ether oxygens (including phenoxy) is 1. The van der Waals surface area contributed by atoms with Gasteiger partial charge >= 0.3 is 5.97 Å². The van der Waals surface area contributed by atoms with Gasteiger partial charge in [0.05, 0.1) is 30.7 Å². The maximum Gasteiger partial charge on any atom is 0.337 e. The van der Waals surface area contributed by atoms with E-state index in [-0.39, 0.29) is 12.1 Å². The second-order valence-corrected chi connectivity index (χ2v) is 7.97. The van der Waals surface area contributed by atoms with E-state index in [9.17, 15) is 14.9 Å². The summed E-state index contributed by atoms with van der Waals surface area (Å²) < 4.78 is 6.16. The van der Waals surface area contributed by atoms with Crippen molar-refractivity contribution in [2.24, 2.45) is 0 Å². The smallest absolute Gasteiger partial charge is 0.337 e. The number of anilines is 1. The fraction of sp³-hybridized carbons (Fsp3) is 0.333. The second-order valence-electron chi connectivity index (χ2n) is 6.89. The van der Waals surface area contributed by atoms with Crippen molar-refractivity contribution >= 4 is 33.2 Å². The van der Waals surface area contributed by atoms with Crippen LogP contribution in [-0.2, 0) is 30.7 Å². The molecule has 0 radical (unpaired) electrons. The van der Waals surface area contributed by atoms with Crippen LogP contribution in [0, 0.1) is 11.3 Å². The van der Waals surface area contributed by atoms with Gasteiger partial charge in [0.25, 0.3) is 5.56 Å². The Morgan fingerprint density at radius 3 is 2.79 bits per heavy atom. The number of aromatic nitrogens is 2. The van der Waals surface area contributed by atoms with Crippen LogP contribution in [0.25, 0.3) is 10.2 Å². The number of rotatable bonds is 5. The Hall–Kier alpha value is -3.18. The highest BCUT2D eigenvalue weighted by atomic mass is 32.1. The predicted molar refractivity (Wildman–Crippen MR) is 111 cm³/mol. The number of esters is 1. The Morgan fingerprint density at radius 2 is 2.07 bits per heavy atom. The van der Waals surface area contributed by atoms with E-state index in [4.69, 9.17) is 9.72 Å². The minimum Gasteiger partial charge on any atom is -0.465 e. The molecular weight excluding hydrogens is 388 g/mol. The van der Waals surface area contributed by atoms with Crippen LogP contribution in [0.2, 0.25) is 0 Å². The Balaban J connectivity index is 1.66. The number of methoxy groups -OCH3 is 1. The molecule has 0 amide bonds. The topological polar surface area (TPSA) is 97.0 Å². The summed E-state index contributed by atoms with van der Waals surface area (Å²) in [5.74, 6) is 0.132. The number of aryl methyl sites for hydroxylation is 2. The number of nitriles is 1. The standard InChI is InChI=1S/C21H20N4O3S/c1-28-21(27)13-6-8-14(9-7-13)23-12-17-24-19-18(20(26)25(17)11-10-22)15-4-2-3-5-16(15)29-19/h6-9,23H,2-5,11-12H2,1H3. The number of thiophene rings is 1. The van der Waals surface area contributed by atoms with Crippen molar-refractivity contribution in [1.29, 1.82) is 5.26 Å². The van der Waals surface area contributed by atoms with Crippen LogP contribution in [0.1, 0.15) is 39.5 Å². The number of hydrogen-bond donors (Lipinski definition) is 1. The minimum absolute atomic E-state index is 0.0370. The molecule has 2 aromatic heterocycles. The van der Waals surface area contributed by atoms with Crippen LogP contribution in [0.5, 0.6) is 0 Å². The first kappa shape index (κ1) is 19.2. The maximum absolute atomic E-state index is 13.1. The van der Waals surface area contributed by atoms with Crippen molar-refractivity contribution in [3.05, 3.63) is 56.4 Å². The van der Waals surface area contributed by atoms with Crippen molar-refractivity contribution in [1.82, 2.24) is 9.55 Å². The van der Waals surface area contributed by atoms with Crippen LogP contribution in [0.3, 0.4) is 0 Å². The van der Waals surface area contributed by atoms with Gasteiger partial charge in [0.15, 0.2) is 0 Å². The van der Waals surface area contributed by atoms with Gasteiger partial charge in [0.1, 0.15) is 17.2 Å². The van der Waals surface area contributed by atoms with Crippen molar-refractivity contribution in [2.75, 3.05) is 12.4 Å². The molecule has 0 spiro atoms. The molecule has 1 aliphatic rings. The first-order valence-corrected chi connectivity index (χ1v) is 10.3. The van der Waals surface area contributed by atoms with Crippen LogP contribution >= 0.6 is 11.3 Å². The lowest BCUT2D eigenvalue weighted by Gasteiger charge is -2.13. The van der Waals surface area contributed by atoms with Crippen LogP contribution in [-0.4, -0.2) is 22.6 Å². The third kappa shape index (κ3) is 3.61. The first-order chi connectivity index (χ1) is 14.1. The van der Waals surface area contributed by atoms with E-state index in [1.807, 2.05) is 0 Å². The molecule has 7 nitrogen and oxygen atoms in total. The van der Waals surface area contributed by atoms with E-state index in [0.717, 1.165) is 41.8 Å². The van der Waals surface area contributed by atoms with Gasteiger partial charge < -0.3 is 10.1 Å². The molecular formula is C21H20N4O3S. The van der Waals surface area contributed by atoms with Gasteiger partial charge in [0, 0.05) is 10.6 Å². The molecule has 0 unspecified atom stereocenters. The molecule has 0 fully saturated rings. The fourth-order valence-electron chi connectivity index (χ4n) is 3.67. The number of hydrogen-bond acceptors (Lipinski definition) is 7. The van der Waals surface area contributed by atoms with Gasteiger partial charge in [-0.1, -0.05) is 0 Å². The molecule has 0 saturated carbocycles. The lowest BCUT2D eigenvalue weighted by molar-refractivity contribution is 0.0601. The summed E-state index contributed by atoms with van der Waals surface area (Å²) in [5, 5.41) is 13.1. The Labute approximate surface area is 171 Å². The molecule has 0 aliphatic heterocycles. The van der Waals surface area contributed by atoms with Gasteiger partial charge in [-0.3, -0.25) is 9.36 Å². The van der Waals surface area contributed by atoms with E-state index < -0.39 is 5.97 Å². The van der Waals surface area contributed by atoms with Gasteiger partial charge in [-0.05, 0) is 55.5 Å². The summed E-state index contributed by atoms with van der Waals surface area (Å²) in [4.78, 5) is 31.4. The van der Waals surface area contributed by atoms with E-state index in [1.54, 1.807) is 35.6 Å². The quantitative estimate of drug-likeness (QED) is 0.651. The number of fused-ring (bicyclic) bond motifs is 3. The average molecular weight is 408 g/mol. The highest BCUT2D eigenvalue weighted by Gasteiger charge is 2.22. The highest BCUT2D eigenvalue weighted by Crippen LogP contribution is 2.33. The largest absolute Gasteiger partial charge is 0.465 e. The van der Waals surface area contributed by atoms with Crippen molar-refractivity contribution < 1.29 is 9.53 Å². The summed E-state index contributed by atoms with van der Waals surface area (Å²) in [6.07, 6.45) is 4.13. The average Bonchev–Trinajstić information content (AvgIpc) is 3.13. The molecule has 4 rings (SSSR count). The summed E-state index contributed by atoms with van der Waals surface area (Å²) in [7, 11) is 1.34. The van der Waals surface area contributed by atoms with Gasteiger partial charge in [-0.25, -0.2) is 9.78 Å². The van der Waals surface area contributed by atoms with E-state index >= 15 is 0 Å². The summed E-state index contributed by atoms with van der Waals surface area (Å²) in [5.41, 5.74) is 2.23. The molecule has 0 saturated heterocycles. The Morgan fingerprint density at radius 1 is 1.31 bits per heavy atom. The zero-order valence-electron chi connectivity index (χ0n) is 16.0. The number of carbonyl (C=O) groups excluding carboxylic acids is 1.